The maximum absolute atomic E-state index is 12.6. The molecule has 27 heavy (non-hydrogen) atoms. The number of benzene rings is 2. The van der Waals surface area contributed by atoms with Gasteiger partial charge in [0.25, 0.3) is 5.91 Å². The highest BCUT2D eigenvalue weighted by Gasteiger charge is 2.18. The van der Waals surface area contributed by atoms with Gasteiger partial charge in [0.05, 0.1) is 6.42 Å². The van der Waals surface area contributed by atoms with E-state index in [4.69, 9.17) is 20.4 Å². The minimum absolute atomic E-state index is 0.276. The lowest BCUT2D eigenvalue weighted by molar-refractivity contribution is 0.0998. The van der Waals surface area contributed by atoms with Crippen molar-refractivity contribution >= 4 is 34.2 Å². The van der Waals surface area contributed by atoms with E-state index in [1.165, 1.54) is 0 Å². The Labute approximate surface area is 160 Å². The first-order valence-electron chi connectivity index (χ1n) is 8.37. The predicted molar refractivity (Wildman–Crippen MR) is 102 cm³/mol. The van der Waals surface area contributed by atoms with Crippen LogP contribution in [-0.2, 0) is 6.42 Å². The number of halogens is 1. The molecule has 2 aromatic carbocycles. The molecule has 6 nitrogen and oxygen atoms in total. The van der Waals surface area contributed by atoms with Crippen LogP contribution in [0.5, 0.6) is 0 Å². The standard InChI is InChI=1S/C20H16ClN3O3/c1-11-16-10-14(21)5-8-17(16)27-19(11)20(25)22-15-6-3-13(4-7-15)9-18-24-23-12(2)26-18/h3-8,10H,9H2,1-2H3,(H,22,25). The molecular formula is C20H16ClN3O3. The molecule has 0 bridgehead atoms. The molecule has 136 valence electrons. The summed E-state index contributed by atoms with van der Waals surface area (Å²) < 4.78 is 11.1. The van der Waals surface area contributed by atoms with Gasteiger partial charge in [-0.25, -0.2) is 0 Å². The number of carbonyl (C=O) groups is 1. The number of nitrogens with one attached hydrogen (secondary N) is 1. The van der Waals surface area contributed by atoms with Crippen molar-refractivity contribution in [3.05, 3.63) is 76.2 Å². The third-order valence-corrected chi connectivity index (χ3v) is 4.47. The number of fused-ring (bicyclic) bond motifs is 1. The number of amides is 1. The van der Waals surface area contributed by atoms with Crippen molar-refractivity contribution in [2.45, 2.75) is 20.3 Å². The van der Waals surface area contributed by atoms with Gasteiger partial charge in [0.2, 0.25) is 11.8 Å². The lowest BCUT2D eigenvalue weighted by Crippen LogP contribution is -2.12. The van der Waals surface area contributed by atoms with Crippen molar-refractivity contribution < 1.29 is 13.6 Å². The molecule has 0 aliphatic rings. The molecule has 0 saturated carbocycles. The molecule has 2 aromatic heterocycles. The molecule has 0 saturated heterocycles. The summed E-state index contributed by atoms with van der Waals surface area (Å²) in [5.74, 6) is 1.06. The highest BCUT2D eigenvalue weighted by molar-refractivity contribution is 6.31. The number of nitrogens with zero attached hydrogens (tertiary/aromatic N) is 2. The van der Waals surface area contributed by atoms with Crippen LogP contribution in [0.1, 0.15) is 33.5 Å². The van der Waals surface area contributed by atoms with E-state index >= 15 is 0 Å². The zero-order valence-electron chi connectivity index (χ0n) is 14.7. The van der Waals surface area contributed by atoms with Gasteiger partial charge in [0.15, 0.2) is 5.76 Å². The van der Waals surface area contributed by atoms with Crippen molar-refractivity contribution in [2.75, 3.05) is 5.32 Å². The molecule has 4 aromatic rings. The van der Waals surface area contributed by atoms with Gasteiger partial charge in [-0.3, -0.25) is 4.79 Å². The Bertz CT molecular complexity index is 1130. The zero-order chi connectivity index (χ0) is 19.0. The highest BCUT2D eigenvalue weighted by atomic mass is 35.5. The second-order valence-electron chi connectivity index (χ2n) is 6.24. The van der Waals surface area contributed by atoms with Crippen LogP contribution in [0.3, 0.4) is 0 Å². The summed E-state index contributed by atoms with van der Waals surface area (Å²) in [6.45, 7) is 3.59. The molecule has 0 fully saturated rings. The average Bonchev–Trinajstić information content (AvgIpc) is 3.20. The zero-order valence-corrected chi connectivity index (χ0v) is 15.5. The maximum atomic E-state index is 12.6. The quantitative estimate of drug-likeness (QED) is 0.542. The Morgan fingerprint density at radius 1 is 1.07 bits per heavy atom. The summed E-state index contributed by atoms with van der Waals surface area (Å²) in [4.78, 5) is 12.6. The van der Waals surface area contributed by atoms with E-state index in [-0.39, 0.29) is 11.7 Å². The van der Waals surface area contributed by atoms with Crippen molar-refractivity contribution in [1.82, 2.24) is 10.2 Å². The fourth-order valence-corrected chi connectivity index (χ4v) is 3.06. The first kappa shape index (κ1) is 17.3. The van der Waals surface area contributed by atoms with Gasteiger partial charge < -0.3 is 14.2 Å². The summed E-state index contributed by atoms with van der Waals surface area (Å²) in [6, 6.07) is 12.7. The minimum Gasteiger partial charge on any atom is -0.451 e. The van der Waals surface area contributed by atoms with Gasteiger partial charge in [-0.1, -0.05) is 23.7 Å². The van der Waals surface area contributed by atoms with Crippen molar-refractivity contribution in [2.24, 2.45) is 0 Å². The van der Waals surface area contributed by atoms with E-state index in [0.29, 0.717) is 34.5 Å². The van der Waals surface area contributed by atoms with E-state index in [2.05, 4.69) is 15.5 Å². The molecule has 1 N–H and O–H groups in total. The summed E-state index contributed by atoms with van der Waals surface area (Å²) in [5, 5.41) is 12.1. The molecule has 2 heterocycles. The second kappa shape index (κ2) is 6.89. The number of furan rings is 1. The number of aromatic nitrogens is 2. The van der Waals surface area contributed by atoms with Crippen LogP contribution in [-0.4, -0.2) is 16.1 Å². The van der Waals surface area contributed by atoms with Crippen molar-refractivity contribution in [1.29, 1.82) is 0 Å². The third kappa shape index (κ3) is 3.57. The van der Waals surface area contributed by atoms with Gasteiger partial charge in [-0.05, 0) is 42.8 Å². The van der Waals surface area contributed by atoms with Gasteiger partial charge in [0, 0.05) is 28.6 Å². The molecule has 0 aliphatic carbocycles. The molecule has 7 heteroatoms. The van der Waals surface area contributed by atoms with E-state index in [0.717, 1.165) is 16.5 Å². The summed E-state index contributed by atoms with van der Waals surface area (Å²) in [6.07, 6.45) is 0.540. The summed E-state index contributed by atoms with van der Waals surface area (Å²) in [5.41, 5.74) is 3.06. The van der Waals surface area contributed by atoms with Crippen LogP contribution in [0.2, 0.25) is 5.02 Å². The van der Waals surface area contributed by atoms with Crippen LogP contribution in [0, 0.1) is 13.8 Å². The van der Waals surface area contributed by atoms with E-state index < -0.39 is 0 Å². The van der Waals surface area contributed by atoms with E-state index in [9.17, 15) is 4.79 Å². The molecule has 0 aliphatic heterocycles. The van der Waals surface area contributed by atoms with Crippen LogP contribution in [0.4, 0.5) is 5.69 Å². The fourth-order valence-electron chi connectivity index (χ4n) is 2.89. The Balaban J connectivity index is 1.50. The smallest absolute Gasteiger partial charge is 0.291 e. The lowest BCUT2D eigenvalue weighted by Gasteiger charge is -2.05. The summed E-state index contributed by atoms with van der Waals surface area (Å²) in [7, 11) is 0. The Morgan fingerprint density at radius 2 is 1.85 bits per heavy atom. The highest BCUT2D eigenvalue weighted by Crippen LogP contribution is 2.28. The van der Waals surface area contributed by atoms with E-state index in [1.54, 1.807) is 25.1 Å². The normalized spacial score (nSPS) is 11.1. The number of aryl methyl sites for hydroxylation is 2. The molecule has 0 radical (unpaired) electrons. The fraction of sp³-hybridized carbons (Fsp3) is 0.150. The molecule has 1 amide bonds. The molecule has 0 unspecified atom stereocenters. The van der Waals surface area contributed by atoms with Crippen LogP contribution in [0.15, 0.2) is 51.3 Å². The number of hydrogen-bond acceptors (Lipinski definition) is 5. The average molecular weight is 382 g/mol. The van der Waals surface area contributed by atoms with Crippen molar-refractivity contribution in [3.8, 4) is 0 Å². The van der Waals surface area contributed by atoms with Crippen LogP contribution < -0.4 is 5.32 Å². The third-order valence-electron chi connectivity index (χ3n) is 4.24. The van der Waals surface area contributed by atoms with E-state index in [1.807, 2.05) is 31.2 Å². The monoisotopic (exact) mass is 381 g/mol. The molecular weight excluding hydrogens is 366 g/mol. The van der Waals surface area contributed by atoms with Gasteiger partial charge in [-0.15, -0.1) is 10.2 Å². The Hall–Kier alpha value is -3.12. The summed E-state index contributed by atoms with van der Waals surface area (Å²) >= 11 is 6.03. The number of anilines is 1. The largest absolute Gasteiger partial charge is 0.451 e. The molecule has 4 rings (SSSR count). The Morgan fingerprint density at radius 3 is 2.56 bits per heavy atom. The van der Waals surface area contributed by atoms with Gasteiger partial charge in [0.1, 0.15) is 5.58 Å². The second-order valence-corrected chi connectivity index (χ2v) is 6.68. The first-order valence-corrected chi connectivity index (χ1v) is 8.75. The molecule has 0 spiro atoms. The van der Waals surface area contributed by atoms with Crippen LogP contribution in [0.25, 0.3) is 11.0 Å². The SMILES string of the molecule is Cc1nnc(Cc2ccc(NC(=O)c3oc4ccc(Cl)cc4c3C)cc2)o1. The van der Waals surface area contributed by atoms with Gasteiger partial charge in [-0.2, -0.15) is 0 Å². The topological polar surface area (TPSA) is 81.2 Å². The Kier molecular flexibility index (Phi) is 4.41. The number of carbonyl (C=O) groups excluding carboxylic acids is 1. The van der Waals surface area contributed by atoms with Crippen molar-refractivity contribution in [3.63, 3.8) is 0 Å². The number of hydrogen-bond donors (Lipinski definition) is 1. The minimum atomic E-state index is -0.305. The lowest BCUT2D eigenvalue weighted by atomic mass is 10.1. The number of rotatable bonds is 4. The molecule has 0 atom stereocenters. The first-order chi connectivity index (χ1) is 13.0. The van der Waals surface area contributed by atoms with Crippen LogP contribution >= 0.6 is 11.6 Å². The van der Waals surface area contributed by atoms with Gasteiger partial charge >= 0.3 is 0 Å². The predicted octanol–water partition coefficient (Wildman–Crippen LogP) is 4.93. The maximum Gasteiger partial charge on any atom is 0.291 e.